The van der Waals surface area contributed by atoms with Crippen LogP contribution >= 0.6 is 22.7 Å². The number of rotatable bonds is 4. The average Bonchev–Trinajstić information content (AvgIpc) is 3.30. The van der Waals surface area contributed by atoms with Crippen LogP contribution in [0.1, 0.15) is 21.2 Å². The largest absolute Gasteiger partial charge is 0.345 e. The minimum Gasteiger partial charge on any atom is -0.345 e. The van der Waals surface area contributed by atoms with Gasteiger partial charge in [0, 0.05) is 5.56 Å². The summed E-state index contributed by atoms with van der Waals surface area (Å²) in [4.78, 5) is 21.9. The van der Waals surface area contributed by atoms with Gasteiger partial charge in [-0.1, -0.05) is 11.2 Å². The molecule has 0 bridgehead atoms. The number of benzene rings is 1. The van der Waals surface area contributed by atoms with Crippen LogP contribution in [-0.2, 0) is 6.54 Å². The van der Waals surface area contributed by atoms with E-state index in [-0.39, 0.29) is 12.5 Å². The number of amides is 1. The van der Waals surface area contributed by atoms with Crippen molar-refractivity contribution in [1.29, 1.82) is 0 Å². The van der Waals surface area contributed by atoms with E-state index in [9.17, 15) is 4.79 Å². The zero-order valence-corrected chi connectivity index (χ0v) is 14.3. The summed E-state index contributed by atoms with van der Waals surface area (Å²) in [5, 5.41) is 9.61. The van der Waals surface area contributed by atoms with Gasteiger partial charge in [-0.25, -0.2) is 4.98 Å². The van der Waals surface area contributed by atoms with Crippen LogP contribution in [0.5, 0.6) is 0 Å². The van der Waals surface area contributed by atoms with Gasteiger partial charge in [0.15, 0.2) is 5.82 Å². The van der Waals surface area contributed by atoms with Gasteiger partial charge < -0.3 is 9.84 Å². The fourth-order valence-corrected chi connectivity index (χ4v) is 3.72. The lowest BCUT2D eigenvalue weighted by molar-refractivity contribution is 0.0949. The molecular weight excluding hydrogens is 344 g/mol. The van der Waals surface area contributed by atoms with Gasteiger partial charge in [-0.15, -0.1) is 22.7 Å². The standard InChI is InChI=1S/C16H12N4O2S2/c1-9-18-11-7-10(4-5-12(11)24-9)15(21)17-8-14-19-16(22-20-14)13-3-2-6-23-13/h2-7H,8H2,1H3,(H,17,21). The van der Waals surface area contributed by atoms with Crippen LogP contribution in [0.15, 0.2) is 40.2 Å². The summed E-state index contributed by atoms with van der Waals surface area (Å²) < 4.78 is 6.27. The maximum absolute atomic E-state index is 12.3. The normalized spacial score (nSPS) is 11.0. The van der Waals surface area contributed by atoms with Crippen LogP contribution in [0.25, 0.3) is 21.0 Å². The van der Waals surface area contributed by atoms with E-state index in [2.05, 4.69) is 20.4 Å². The molecule has 0 aliphatic rings. The first-order valence-electron chi connectivity index (χ1n) is 7.21. The van der Waals surface area contributed by atoms with Gasteiger partial charge >= 0.3 is 0 Å². The van der Waals surface area contributed by atoms with Crippen LogP contribution in [0.3, 0.4) is 0 Å². The molecule has 24 heavy (non-hydrogen) atoms. The fourth-order valence-electron chi connectivity index (χ4n) is 2.27. The van der Waals surface area contributed by atoms with Gasteiger partial charge in [0.2, 0.25) is 0 Å². The lowest BCUT2D eigenvalue weighted by Crippen LogP contribution is -2.23. The predicted octanol–water partition coefficient (Wildman–Crippen LogP) is 3.65. The predicted molar refractivity (Wildman–Crippen MR) is 93.1 cm³/mol. The highest BCUT2D eigenvalue weighted by atomic mass is 32.1. The number of aromatic nitrogens is 3. The number of hydrogen-bond acceptors (Lipinski definition) is 7. The van der Waals surface area contributed by atoms with Crippen molar-refractivity contribution < 1.29 is 9.32 Å². The molecule has 0 aliphatic heterocycles. The van der Waals surface area contributed by atoms with E-state index in [1.807, 2.05) is 30.5 Å². The van der Waals surface area contributed by atoms with Gasteiger partial charge in [0.05, 0.1) is 26.6 Å². The van der Waals surface area contributed by atoms with Gasteiger partial charge in [-0.05, 0) is 36.6 Å². The van der Waals surface area contributed by atoms with Gasteiger partial charge in [0.1, 0.15) is 0 Å². The molecular formula is C16H12N4O2S2. The van der Waals surface area contributed by atoms with Crippen LogP contribution in [0.4, 0.5) is 0 Å². The first kappa shape index (κ1) is 15.0. The molecule has 0 fully saturated rings. The summed E-state index contributed by atoms with van der Waals surface area (Å²) in [7, 11) is 0. The molecule has 1 N–H and O–H groups in total. The lowest BCUT2D eigenvalue weighted by Gasteiger charge is -2.02. The first-order chi connectivity index (χ1) is 11.7. The van der Waals surface area contributed by atoms with Gasteiger partial charge in [-0.2, -0.15) is 4.98 Å². The summed E-state index contributed by atoms with van der Waals surface area (Å²) in [5.41, 5.74) is 1.40. The molecule has 0 aliphatic carbocycles. The first-order valence-corrected chi connectivity index (χ1v) is 8.90. The van der Waals surface area contributed by atoms with Crippen molar-refractivity contribution in [1.82, 2.24) is 20.4 Å². The topological polar surface area (TPSA) is 80.9 Å². The summed E-state index contributed by atoms with van der Waals surface area (Å²) in [5.74, 6) is 0.718. The Morgan fingerprint density at radius 3 is 3.04 bits per heavy atom. The minimum atomic E-state index is -0.190. The van der Waals surface area contributed by atoms with Crippen LogP contribution in [0, 0.1) is 6.92 Å². The third-order valence-corrected chi connectivity index (χ3v) is 5.17. The molecule has 6 nitrogen and oxygen atoms in total. The molecule has 0 radical (unpaired) electrons. The number of aryl methyl sites for hydroxylation is 1. The Hall–Kier alpha value is -2.58. The lowest BCUT2D eigenvalue weighted by atomic mass is 10.2. The molecule has 0 unspecified atom stereocenters. The third-order valence-electron chi connectivity index (χ3n) is 3.36. The van der Waals surface area contributed by atoms with E-state index in [0.717, 1.165) is 20.1 Å². The Morgan fingerprint density at radius 1 is 1.29 bits per heavy atom. The molecule has 0 saturated heterocycles. The van der Waals surface area contributed by atoms with E-state index in [1.165, 1.54) is 11.3 Å². The smallest absolute Gasteiger partial charge is 0.268 e. The quantitative estimate of drug-likeness (QED) is 0.604. The molecule has 0 spiro atoms. The number of thiophene rings is 1. The molecule has 3 heterocycles. The summed E-state index contributed by atoms with van der Waals surface area (Å²) >= 11 is 3.13. The number of fused-ring (bicyclic) bond motifs is 1. The van der Waals surface area contributed by atoms with E-state index in [4.69, 9.17) is 4.52 Å². The number of thiazole rings is 1. The third kappa shape index (κ3) is 2.93. The van der Waals surface area contributed by atoms with Gasteiger partial charge in [0.25, 0.3) is 11.8 Å². The number of nitrogens with zero attached hydrogens (tertiary/aromatic N) is 3. The van der Waals surface area contributed by atoms with Crippen LogP contribution < -0.4 is 5.32 Å². The second kappa shape index (κ2) is 6.14. The monoisotopic (exact) mass is 356 g/mol. The van der Waals surface area contributed by atoms with Crippen molar-refractivity contribution >= 4 is 38.8 Å². The Bertz CT molecular complexity index is 1000. The number of hydrogen-bond donors (Lipinski definition) is 1. The molecule has 4 aromatic rings. The molecule has 8 heteroatoms. The number of carbonyl (C=O) groups excluding carboxylic acids is 1. The average molecular weight is 356 g/mol. The van der Waals surface area contributed by atoms with E-state index in [1.54, 1.807) is 23.5 Å². The summed E-state index contributed by atoms with van der Waals surface area (Å²) in [6.45, 7) is 2.16. The van der Waals surface area contributed by atoms with E-state index >= 15 is 0 Å². The summed E-state index contributed by atoms with van der Waals surface area (Å²) in [6, 6.07) is 9.33. The molecule has 3 aromatic heterocycles. The van der Waals surface area contributed by atoms with E-state index in [0.29, 0.717) is 17.3 Å². The van der Waals surface area contributed by atoms with Crippen LogP contribution in [-0.4, -0.2) is 21.0 Å². The molecule has 120 valence electrons. The Morgan fingerprint density at radius 2 is 2.21 bits per heavy atom. The second-order valence-corrected chi connectivity index (χ2v) is 7.27. The minimum absolute atomic E-state index is 0.190. The molecule has 4 rings (SSSR count). The Balaban J connectivity index is 1.45. The highest BCUT2D eigenvalue weighted by molar-refractivity contribution is 7.18. The maximum Gasteiger partial charge on any atom is 0.268 e. The van der Waals surface area contributed by atoms with Crippen molar-refractivity contribution in [2.75, 3.05) is 0 Å². The fraction of sp³-hybridized carbons (Fsp3) is 0.125. The highest BCUT2D eigenvalue weighted by Gasteiger charge is 2.12. The zero-order valence-electron chi connectivity index (χ0n) is 12.6. The Labute approximate surface area is 145 Å². The van der Waals surface area contributed by atoms with Crippen LogP contribution in [0.2, 0.25) is 0 Å². The van der Waals surface area contributed by atoms with Crippen molar-refractivity contribution in [2.45, 2.75) is 13.5 Å². The highest BCUT2D eigenvalue weighted by Crippen LogP contribution is 2.23. The molecule has 1 amide bonds. The van der Waals surface area contributed by atoms with Crippen molar-refractivity contribution in [3.05, 3.63) is 52.1 Å². The number of carbonyl (C=O) groups is 1. The zero-order chi connectivity index (χ0) is 16.5. The van der Waals surface area contributed by atoms with E-state index < -0.39 is 0 Å². The van der Waals surface area contributed by atoms with Crippen molar-refractivity contribution in [3.8, 4) is 10.8 Å². The summed E-state index contributed by atoms with van der Waals surface area (Å²) in [6.07, 6.45) is 0. The maximum atomic E-state index is 12.3. The van der Waals surface area contributed by atoms with Crippen molar-refractivity contribution in [3.63, 3.8) is 0 Å². The van der Waals surface area contributed by atoms with Crippen molar-refractivity contribution in [2.24, 2.45) is 0 Å². The Kier molecular flexibility index (Phi) is 3.83. The second-order valence-electron chi connectivity index (χ2n) is 5.09. The SMILES string of the molecule is Cc1nc2cc(C(=O)NCc3noc(-c4cccs4)n3)ccc2s1. The molecule has 0 saturated carbocycles. The molecule has 0 atom stereocenters. The number of nitrogens with one attached hydrogen (secondary N) is 1. The van der Waals surface area contributed by atoms with Gasteiger partial charge in [-0.3, -0.25) is 4.79 Å². The molecule has 1 aromatic carbocycles.